The SMILES string of the molecule is O=C(CSc1ccccc1)N1CCOCC(O)(CN2CCCC2)C1. The first-order chi connectivity index (χ1) is 11.6. The zero-order valence-electron chi connectivity index (χ0n) is 14.0. The van der Waals surface area contributed by atoms with E-state index in [9.17, 15) is 9.90 Å². The van der Waals surface area contributed by atoms with Crippen LogP contribution in [0.1, 0.15) is 12.8 Å². The third-order valence-electron chi connectivity index (χ3n) is 4.54. The van der Waals surface area contributed by atoms with Gasteiger partial charge in [-0.2, -0.15) is 0 Å². The number of thioether (sulfide) groups is 1. The summed E-state index contributed by atoms with van der Waals surface area (Å²) in [6.45, 7) is 4.35. The molecule has 6 heteroatoms. The summed E-state index contributed by atoms with van der Waals surface area (Å²) < 4.78 is 5.59. The van der Waals surface area contributed by atoms with Crippen LogP contribution in [0.15, 0.2) is 35.2 Å². The summed E-state index contributed by atoms with van der Waals surface area (Å²) in [4.78, 5) is 17.7. The lowest BCUT2D eigenvalue weighted by atomic mass is 10.0. The summed E-state index contributed by atoms with van der Waals surface area (Å²) in [6.07, 6.45) is 2.38. The van der Waals surface area contributed by atoms with Crippen molar-refractivity contribution < 1.29 is 14.6 Å². The fraction of sp³-hybridized carbons (Fsp3) is 0.611. The molecule has 2 aliphatic heterocycles. The number of ether oxygens (including phenoxy) is 1. The maximum absolute atomic E-state index is 12.6. The number of nitrogens with zero attached hydrogens (tertiary/aromatic N) is 2. The van der Waals surface area contributed by atoms with Gasteiger partial charge in [-0.3, -0.25) is 4.79 Å². The third-order valence-corrected chi connectivity index (χ3v) is 5.53. The van der Waals surface area contributed by atoms with Crippen LogP contribution in [0, 0.1) is 0 Å². The average molecular weight is 350 g/mol. The Bertz CT molecular complexity index is 536. The summed E-state index contributed by atoms with van der Waals surface area (Å²) >= 11 is 1.54. The van der Waals surface area contributed by atoms with Crippen LogP contribution < -0.4 is 0 Å². The van der Waals surface area contributed by atoms with Gasteiger partial charge >= 0.3 is 0 Å². The van der Waals surface area contributed by atoms with Crippen LogP contribution >= 0.6 is 11.8 Å². The Labute approximate surface area is 148 Å². The molecule has 1 aromatic carbocycles. The van der Waals surface area contributed by atoms with E-state index < -0.39 is 5.60 Å². The van der Waals surface area contributed by atoms with Gasteiger partial charge in [-0.15, -0.1) is 11.8 Å². The fourth-order valence-electron chi connectivity index (χ4n) is 3.34. The number of β-amino-alcohol motifs (C(OH)–C–C–N with tert-alkyl or cyclic N) is 1. The summed E-state index contributed by atoms with van der Waals surface area (Å²) in [5, 5.41) is 10.9. The van der Waals surface area contributed by atoms with Crippen LogP contribution in [0.4, 0.5) is 0 Å². The molecule has 0 bridgehead atoms. The molecule has 3 rings (SSSR count). The van der Waals surface area contributed by atoms with Crippen molar-refractivity contribution in [1.29, 1.82) is 0 Å². The van der Waals surface area contributed by atoms with E-state index in [-0.39, 0.29) is 5.91 Å². The zero-order valence-corrected chi connectivity index (χ0v) is 14.8. The van der Waals surface area contributed by atoms with Gasteiger partial charge in [0.25, 0.3) is 0 Å². The number of hydrogen-bond donors (Lipinski definition) is 1. The number of hydrogen-bond acceptors (Lipinski definition) is 5. The summed E-state index contributed by atoms with van der Waals surface area (Å²) in [5.74, 6) is 0.457. The molecule has 2 saturated heterocycles. The molecule has 0 spiro atoms. The Morgan fingerprint density at radius 3 is 2.71 bits per heavy atom. The number of benzene rings is 1. The number of rotatable bonds is 5. The minimum atomic E-state index is -0.964. The number of carbonyl (C=O) groups excluding carboxylic acids is 1. The Morgan fingerprint density at radius 2 is 1.96 bits per heavy atom. The molecule has 2 fully saturated rings. The minimum absolute atomic E-state index is 0.0641. The molecule has 1 atom stereocenters. The normalized spacial score (nSPS) is 25.6. The van der Waals surface area contributed by atoms with Crippen molar-refractivity contribution in [3.8, 4) is 0 Å². The van der Waals surface area contributed by atoms with Gasteiger partial charge in [-0.25, -0.2) is 0 Å². The predicted molar refractivity (Wildman–Crippen MR) is 95.2 cm³/mol. The van der Waals surface area contributed by atoms with E-state index in [0.717, 1.165) is 18.0 Å². The molecule has 0 aliphatic carbocycles. The quantitative estimate of drug-likeness (QED) is 0.815. The molecule has 1 N–H and O–H groups in total. The number of aliphatic hydroxyl groups is 1. The van der Waals surface area contributed by atoms with Crippen molar-refractivity contribution >= 4 is 17.7 Å². The zero-order chi connectivity index (χ0) is 16.8. The van der Waals surface area contributed by atoms with Crippen LogP contribution in [-0.2, 0) is 9.53 Å². The van der Waals surface area contributed by atoms with Gasteiger partial charge in [0.2, 0.25) is 5.91 Å². The number of carbonyl (C=O) groups is 1. The van der Waals surface area contributed by atoms with Gasteiger partial charge in [0.05, 0.1) is 25.5 Å². The molecule has 132 valence electrons. The van der Waals surface area contributed by atoms with Gasteiger partial charge in [0.15, 0.2) is 0 Å². The molecule has 2 aliphatic rings. The standard InChI is InChI=1S/C18H26N2O3S/c21-17(12-24-16-6-2-1-3-7-16)20-10-11-23-15-18(22,14-20)13-19-8-4-5-9-19/h1-3,6-7,22H,4-5,8-15H2. The molecule has 0 aromatic heterocycles. The maximum atomic E-state index is 12.6. The van der Waals surface area contributed by atoms with Gasteiger partial charge < -0.3 is 19.6 Å². The first-order valence-corrected chi connectivity index (χ1v) is 9.61. The van der Waals surface area contributed by atoms with Gasteiger partial charge in [-0.1, -0.05) is 18.2 Å². The molecular formula is C18H26N2O3S. The highest BCUT2D eigenvalue weighted by Gasteiger charge is 2.36. The monoisotopic (exact) mass is 350 g/mol. The molecular weight excluding hydrogens is 324 g/mol. The van der Waals surface area contributed by atoms with E-state index in [2.05, 4.69) is 4.90 Å². The smallest absolute Gasteiger partial charge is 0.233 e. The summed E-state index contributed by atoms with van der Waals surface area (Å²) in [7, 11) is 0. The highest BCUT2D eigenvalue weighted by Crippen LogP contribution is 2.21. The Balaban J connectivity index is 1.56. The van der Waals surface area contributed by atoms with E-state index in [0.29, 0.717) is 38.6 Å². The lowest BCUT2D eigenvalue weighted by Gasteiger charge is -2.34. The second-order valence-corrected chi connectivity index (χ2v) is 7.73. The third kappa shape index (κ3) is 4.96. The molecule has 0 saturated carbocycles. The number of likely N-dealkylation sites (tertiary alicyclic amines) is 1. The largest absolute Gasteiger partial charge is 0.384 e. The van der Waals surface area contributed by atoms with Crippen molar-refractivity contribution in [3.05, 3.63) is 30.3 Å². The Kier molecular flexibility index (Phi) is 6.16. The van der Waals surface area contributed by atoms with Crippen LogP contribution in [0.25, 0.3) is 0 Å². The lowest BCUT2D eigenvalue weighted by molar-refractivity contribution is -0.131. The lowest BCUT2D eigenvalue weighted by Crippen LogP contribution is -2.53. The first-order valence-electron chi connectivity index (χ1n) is 8.63. The van der Waals surface area contributed by atoms with Crippen LogP contribution in [0.2, 0.25) is 0 Å². The van der Waals surface area contributed by atoms with Crippen molar-refractivity contribution in [1.82, 2.24) is 9.80 Å². The number of amides is 1. The predicted octanol–water partition coefficient (Wildman–Crippen LogP) is 1.46. The topological polar surface area (TPSA) is 53.0 Å². The second-order valence-electron chi connectivity index (χ2n) is 6.68. The summed E-state index contributed by atoms with van der Waals surface area (Å²) in [5.41, 5.74) is -0.964. The van der Waals surface area contributed by atoms with Gasteiger partial charge in [-0.05, 0) is 38.1 Å². The molecule has 5 nitrogen and oxygen atoms in total. The van der Waals surface area contributed by atoms with Gasteiger partial charge in [0.1, 0.15) is 5.60 Å². The van der Waals surface area contributed by atoms with Crippen molar-refractivity contribution in [2.24, 2.45) is 0 Å². The fourth-order valence-corrected chi connectivity index (χ4v) is 4.16. The maximum Gasteiger partial charge on any atom is 0.233 e. The van der Waals surface area contributed by atoms with E-state index >= 15 is 0 Å². The van der Waals surface area contributed by atoms with E-state index in [4.69, 9.17) is 4.74 Å². The van der Waals surface area contributed by atoms with E-state index in [1.807, 2.05) is 30.3 Å². The average Bonchev–Trinajstić information content (AvgIpc) is 3.01. The molecule has 2 heterocycles. The van der Waals surface area contributed by atoms with Crippen LogP contribution in [0.3, 0.4) is 0 Å². The summed E-state index contributed by atoms with van der Waals surface area (Å²) in [6, 6.07) is 9.93. The first kappa shape index (κ1) is 17.7. The van der Waals surface area contributed by atoms with E-state index in [1.165, 1.54) is 24.6 Å². The van der Waals surface area contributed by atoms with E-state index in [1.54, 1.807) is 4.90 Å². The minimum Gasteiger partial charge on any atom is -0.384 e. The van der Waals surface area contributed by atoms with Crippen molar-refractivity contribution in [3.63, 3.8) is 0 Å². The Hall–Kier alpha value is -1.08. The van der Waals surface area contributed by atoms with Crippen LogP contribution in [-0.4, -0.2) is 78.1 Å². The molecule has 1 unspecified atom stereocenters. The molecule has 24 heavy (non-hydrogen) atoms. The molecule has 0 radical (unpaired) electrons. The highest BCUT2D eigenvalue weighted by atomic mass is 32.2. The highest BCUT2D eigenvalue weighted by molar-refractivity contribution is 8.00. The molecule has 1 amide bonds. The van der Waals surface area contributed by atoms with Crippen molar-refractivity contribution in [2.75, 3.05) is 51.7 Å². The van der Waals surface area contributed by atoms with Crippen molar-refractivity contribution in [2.45, 2.75) is 23.3 Å². The Morgan fingerprint density at radius 1 is 1.21 bits per heavy atom. The van der Waals surface area contributed by atoms with Gasteiger partial charge in [0, 0.05) is 18.0 Å². The second kappa shape index (κ2) is 8.34. The van der Waals surface area contributed by atoms with Crippen LogP contribution in [0.5, 0.6) is 0 Å². The molecule has 1 aromatic rings.